The van der Waals surface area contributed by atoms with Crippen molar-refractivity contribution in [1.29, 1.82) is 0 Å². The summed E-state index contributed by atoms with van der Waals surface area (Å²) in [5, 5.41) is 13.6. The van der Waals surface area contributed by atoms with Gasteiger partial charge in [0, 0.05) is 24.4 Å². The minimum absolute atomic E-state index is 0.0118. The average Bonchev–Trinajstić information content (AvgIpc) is 3.13. The van der Waals surface area contributed by atoms with E-state index in [1.165, 1.54) is 19.3 Å². The fourth-order valence-corrected chi connectivity index (χ4v) is 3.86. The van der Waals surface area contributed by atoms with Crippen molar-refractivity contribution in [3.8, 4) is 0 Å². The van der Waals surface area contributed by atoms with Crippen LogP contribution in [0.4, 0.5) is 0 Å². The number of carbonyl (C=O) groups is 1. The van der Waals surface area contributed by atoms with Gasteiger partial charge in [0.2, 0.25) is 5.91 Å². The highest BCUT2D eigenvalue weighted by atomic mass is 16.3. The van der Waals surface area contributed by atoms with Crippen molar-refractivity contribution in [2.75, 3.05) is 0 Å². The molecule has 0 bridgehead atoms. The summed E-state index contributed by atoms with van der Waals surface area (Å²) in [5.74, 6) is 0.891. The van der Waals surface area contributed by atoms with Gasteiger partial charge in [0.1, 0.15) is 0 Å². The summed E-state index contributed by atoms with van der Waals surface area (Å²) < 4.78 is 0. The van der Waals surface area contributed by atoms with Crippen molar-refractivity contribution >= 4 is 5.91 Å². The number of nitrogens with two attached hydrogens (primary N) is 1. The van der Waals surface area contributed by atoms with Crippen LogP contribution in [0, 0.1) is 11.8 Å². The number of nitrogens with zero attached hydrogens (tertiary/aromatic N) is 1. The molecule has 6 heteroatoms. The summed E-state index contributed by atoms with van der Waals surface area (Å²) in [6, 6.07) is -0.591. The van der Waals surface area contributed by atoms with Crippen LogP contribution in [0.2, 0.25) is 0 Å². The van der Waals surface area contributed by atoms with Crippen molar-refractivity contribution in [3.63, 3.8) is 0 Å². The molecule has 6 nitrogen and oxygen atoms in total. The van der Waals surface area contributed by atoms with Crippen molar-refractivity contribution in [3.05, 3.63) is 18.2 Å². The van der Waals surface area contributed by atoms with E-state index in [0.717, 1.165) is 31.4 Å². The average molecular weight is 365 g/mol. The van der Waals surface area contributed by atoms with E-state index in [1.807, 2.05) is 0 Å². The summed E-state index contributed by atoms with van der Waals surface area (Å²) in [6.07, 6.45) is 11.7. The van der Waals surface area contributed by atoms with Crippen LogP contribution in [0.25, 0.3) is 0 Å². The molecule has 148 valence electrons. The van der Waals surface area contributed by atoms with Gasteiger partial charge < -0.3 is 21.1 Å². The largest absolute Gasteiger partial charge is 0.393 e. The molecule has 0 saturated heterocycles. The first-order valence-corrected chi connectivity index (χ1v) is 10.2. The van der Waals surface area contributed by atoms with E-state index >= 15 is 0 Å². The summed E-state index contributed by atoms with van der Waals surface area (Å²) in [4.78, 5) is 19.6. The molecule has 1 heterocycles. The van der Waals surface area contributed by atoms with E-state index in [4.69, 9.17) is 5.73 Å². The van der Waals surface area contributed by atoms with Crippen molar-refractivity contribution < 1.29 is 9.90 Å². The second-order valence-corrected chi connectivity index (χ2v) is 8.26. The van der Waals surface area contributed by atoms with Gasteiger partial charge in [-0.2, -0.15) is 0 Å². The number of amides is 1. The Bertz CT molecular complexity index is 512. The first kappa shape index (κ1) is 20.9. The van der Waals surface area contributed by atoms with Gasteiger partial charge in [-0.15, -0.1) is 0 Å². The number of carbonyl (C=O) groups excluding carboxylic acids is 1. The maximum Gasteiger partial charge on any atom is 0.237 e. The van der Waals surface area contributed by atoms with Crippen LogP contribution >= 0.6 is 0 Å². The number of aliphatic hydroxyl groups excluding tert-OH is 1. The molecule has 5 N–H and O–H groups in total. The maximum absolute atomic E-state index is 12.6. The smallest absolute Gasteiger partial charge is 0.237 e. The molecule has 26 heavy (non-hydrogen) atoms. The van der Waals surface area contributed by atoms with E-state index in [1.54, 1.807) is 12.5 Å². The predicted molar refractivity (Wildman–Crippen MR) is 103 cm³/mol. The Morgan fingerprint density at radius 2 is 2.08 bits per heavy atom. The molecule has 1 fully saturated rings. The van der Waals surface area contributed by atoms with Crippen LogP contribution in [0.1, 0.15) is 70.9 Å². The summed E-state index contributed by atoms with van der Waals surface area (Å²) in [6.45, 7) is 4.34. The fraction of sp³-hybridized carbons (Fsp3) is 0.800. The maximum atomic E-state index is 12.6. The Kier molecular flexibility index (Phi) is 8.59. The molecule has 1 aromatic rings. The molecule has 1 saturated carbocycles. The standard InChI is InChI=1S/C20H36N4O2/c1-14(2)8-9-17(25)11-19(15-6-4-3-5-7-15)24-20(26)18(21)10-16-12-22-13-23-16/h12-15,17-19,25H,3-11,21H2,1-2H3,(H,22,23)(H,24,26)/t17-,18-,19?/m0/s1. The molecule has 3 atom stereocenters. The highest BCUT2D eigenvalue weighted by molar-refractivity contribution is 5.82. The third kappa shape index (κ3) is 7.08. The van der Waals surface area contributed by atoms with Gasteiger partial charge in [-0.3, -0.25) is 4.79 Å². The summed E-state index contributed by atoms with van der Waals surface area (Å²) in [5.41, 5.74) is 6.95. The van der Waals surface area contributed by atoms with Crippen LogP contribution < -0.4 is 11.1 Å². The van der Waals surface area contributed by atoms with Crippen LogP contribution in [-0.4, -0.2) is 39.2 Å². The van der Waals surface area contributed by atoms with Gasteiger partial charge in [-0.05, 0) is 43.9 Å². The zero-order valence-corrected chi connectivity index (χ0v) is 16.3. The second kappa shape index (κ2) is 10.7. The minimum atomic E-state index is -0.602. The Balaban J connectivity index is 1.92. The molecule has 0 aliphatic heterocycles. The molecule has 1 aliphatic carbocycles. The molecule has 1 unspecified atom stereocenters. The Morgan fingerprint density at radius 3 is 2.69 bits per heavy atom. The van der Waals surface area contributed by atoms with Crippen LogP contribution in [0.5, 0.6) is 0 Å². The number of hydrogen-bond donors (Lipinski definition) is 4. The number of hydrogen-bond acceptors (Lipinski definition) is 4. The molecule has 1 aromatic heterocycles. The number of aliphatic hydroxyl groups is 1. The first-order valence-electron chi connectivity index (χ1n) is 10.2. The van der Waals surface area contributed by atoms with Crippen LogP contribution in [0.15, 0.2) is 12.5 Å². The van der Waals surface area contributed by atoms with Gasteiger partial charge >= 0.3 is 0 Å². The third-order valence-electron chi connectivity index (χ3n) is 5.48. The lowest BCUT2D eigenvalue weighted by Crippen LogP contribution is -2.50. The van der Waals surface area contributed by atoms with E-state index in [0.29, 0.717) is 24.7 Å². The minimum Gasteiger partial charge on any atom is -0.393 e. The van der Waals surface area contributed by atoms with E-state index in [2.05, 4.69) is 29.1 Å². The number of nitrogens with one attached hydrogen (secondary N) is 2. The van der Waals surface area contributed by atoms with Crippen molar-refractivity contribution in [1.82, 2.24) is 15.3 Å². The molecular formula is C20H36N4O2. The van der Waals surface area contributed by atoms with Gasteiger partial charge in [0.15, 0.2) is 0 Å². The fourth-order valence-electron chi connectivity index (χ4n) is 3.86. The van der Waals surface area contributed by atoms with Gasteiger partial charge in [-0.1, -0.05) is 33.1 Å². The third-order valence-corrected chi connectivity index (χ3v) is 5.48. The van der Waals surface area contributed by atoms with Crippen LogP contribution in [0.3, 0.4) is 0 Å². The molecular weight excluding hydrogens is 328 g/mol. The molecule has 1 amide bonds. The van der Waals surface area contributed by atoms with E-state index in [9.17, 15) is 9.90 Å². The molecule has 0 aromatic carbocycles. The number of aromatic amines is 1. The highest BCUT2D eigenvalue weighted by Crippen LogP contribution is 2.29. The monoisotopic (exact) mass is 364 g/mol. The summed E-state index contributed by atoms with van der Waals surface area (Å²) in [7, 11) is 0. The Morgan fingerprint density at radius 1 is 1.35 bits per heavy atom. The van der Waals surface area contributed by atoms with Gasteiger partial charge in [0.25, 0.3) is 0 Å². The van der Waals surface area contributed by atoms with E-state index < -0.39 is 6.04 Å². The van der Waals surface area contributed by atoms with Gasteiger partial charge in [0.05, 0.1) is 18.5 Å². The second-order valence-electron chi connectivity index (χ2n) is 8.26. The molecule has 1 aliphatic rings. The highest BCUT2D eigenvalue weighted by Gasteiger charge is 2.28. The zero-order valence-electron chi connectivity index (χ0n) is 16.3. The number of H-pyrrole nitrogens is 1. The normalized spacial score (nSPS) is 19.3. The topological polar surface area (TPSA) is 104 Å². The molecule has 0 radical (unpaired) electrons. The number of aromatic nitrogens is 2. The van der Waals surface area contributed by atoms with Crippen molar-refractivity contribution in [2.24, 2.45) is 17.6 Å². The van der Waals surface area contributed by atoms with Crippen LogP contribution in [-0.2, 0) is 11.2 Å². The summed E-state index contributed by atoms with van der Waals surface area (Å²) >= 11 is 0. The lowest BCUT2D eigenvalue weighted by atomic mass is 9.81. The lowest BCUT2D eigenvalue weighted by molar-refractivity contribution is -0.123. The number of imidazole rings is 1. The first-order chi connectivity index (χ1) is 12.5. The molecule has 2 rings (SSSR count). The SMILES string of the molecule is CC(C)CC[C@H](O)CC(NC(=O)[C@@H](N)Cc1cnc[nH]1)C1CCCCC1. The Hall–Kier alpha value is -1.40. The predicted octanol–water partition coefficient (Wildman–Crippen LogP) is 2.53. The molecule has 0 spiro atoms. The number of rotatable bonds is 10. The van der Waals surface area contributed by atoms with Crippen molar-refractivity contribution in [2.45, 2.75) is 89.8 Å². The lowest BCUT2D eigenvalue weighted by Gasteiger charge is -2.33. The quantitative estimate of drug-likeness (QED) is 0.512. The van der Waals surface area contributed by atoms with E-state index in [-0.39, 0.29) is 18.1 Å². The van der Waals surface area contributed by atoms with Gasteiger partial charge in [-0.25, -0.2) is 4.98 Å². The zero-order chi connectivity index (χ0) is 18.9. The Labute approximate surface area is 157 Å².